The van der Waals surface area contributed by atoms with E-state index in [1.54, 1.807) is 0 Å². The van der Waals surface area contributed by atoms with E-state index in [9.17, 15) is 0 Å². The van der Waals surface area contributed by atoms with Crippen molar-refractivity contribution in [2.45, 2.75) is 39.3 Å². The summed E-state index contributed by atoms with van der Waals surface area (Å²) in [4.78, 5) is 8.98. The van der Waals surface area contributed by atoms with Crippen LogP contribution in [-0.2, 0) is 6.54 Å². The first kappa shape index (κ1) is 16.9. The lowest BCUT2D eigenvalue weighted by Crippen LogP contribution is -2.42. The maximum atomic E-state index is 4.61. The van der Waals surface area contributed by atoms with Crippen molar-refractivity contribution in [1.29, 1.82) is 0 Å². The molecule has 0 aliphatic heterocycles. The molecule has 1 aliphatic rings. The van der Waals surface area contributed by atoms with Crippen molar-refractivity contribution in [2.75, 3.05) is 6.54 Å². The molecule has 1 heterocycles. The highest BCUT2D eigenvalue weighted by Crippen LogP contribution is 2.09. The normalized spacial score (nSPS) is 15.0. The molecule has 20 heavy (non-hydrogen) atoms. The maximum absolute atomic E-state index is 4.61. The number of rotatable bonds is 4. The van der Waals surface area contributed by atoms with Crippen molar-refractivity contribution >= 4 is 29.9 Å². The Morgan fingerprint density at radius 1 is 1.40 bits per heavy atom. The van der Waals surface area contributed by atoms with Gasteiger partial charge in [-0.05, 0) is 38.3 Å². The van der Waals surface area contributed by atoms with Crippen molar-refractivity contribution in [2.24, 2.45) is 4.99 Å². The second-order valence-electron chi connectivity index (χ2n) is 4.75. The Hall–Kier alpha value is -1.11. The SMILES string of the molecule is CCNC(=NCc1ncccc1C)NC1CC=CC1.I. The van der Waals surface area contributed by atoms with Gasteiger partial charge in [-0.15, -0.1) is 24.0 Å². The van der Waals surface area contributed by atoms with E-state index in [1.807, 2.05) is 12.3 Å². The van der Waals surface area contributed by atoms with Gasteiger partial charge in [-0.1, -0.05) is 18.2 Å². The van der Waals surface area contributed by atoms with Crippen LogP contribution in [0.3, 0.4) is 0 Å². The monoisotopic (exact) mass is 386 g/mol. The molecule has 5 heteroatoms. The summed E-state index contributed by atoms with van der Waals surface area (Å²) in [5.74, 6) is 0.876. The first-order chi connectivity index (χ1) is 9.29. The lowest BCUT2D eigenvalue weighted by molar-refractivity contribution is 0.633. The molecule has 110 valence electrons. The Morgan fingerprint density at radius 2 is 2.15 bits per heavy atom. The van der Waals surface area contributed by atoms with Gasteiger partial charge < -0.3 is 10.6 Å². The Kier molecular flexibility index (Phi) is 7.58. The highest BCUT2D eigenvalue weighted by atomic mass is 127. The number of guanidine groups is 1. The molecule has 0 atom stereocenters. The van der Waals surface area contributed by atoms with Gasteiger partial charge in [0.1, 0.15) is 0 Å². The number of aromatic nitrogens is 1. The largest absolute Gasteiger partial charge is 0.357 e. The number of pyridine rings is 1. The Morgan fingerprint density at radius 3 is 2.80 bits per heavy atom. The predicted molar refractivity (Wildman–Crippen MR) is 94.5 cm³/mol. The van der Waals surface area contributed by atoms with E-state index in [0.717, 1.165) is 31.0 Å². The first-order valence-corrected chi connectivity index (χ1v) is 6.90. The zero-order valence-corrected chi connectivity index (χ0v) is 14.4. The predicted octanol–water partition coefficient (Wildman–Crippen LogP) is 2.78. The van der Waals surface area contributed by atoms with E-state index in [4.69, 9.17) is 0 Å². The van der Waals surface area contributed by atoms with Gasteiger partial charge in [0.15, 0.2) is 5.96 Å². The third-order valence-corrected chi connectivity index (χ3v) is 3.20. The van der Waals surface area contributed by atoms with Crippen LogP contribution >= 0.6 is 24.0 Å². The fourth-order valence-corrected chi connectivity index (χ4v) is 2.09. The van der Waals surface area contributed by atoms with Crippen LogP contribution in [0, 0.1) is 6.92 Å². The minimum absolute atomic E-state index is 0. The minimum Gasteiger partial charge on any atom is -0.357 e. The molecule has 0 spiro atoms. The summed E-state index contributed by atoms with van der Waals surface area (Å²) in [6.07, 6.45) is 8.40. The summed E-state index contributed by atoms with van der Waals surface area (Å²) in [6.45, 7) is 5.63. The summed E-state index contributed by atoms with van der Waals surface area (Å²) < 4.78 is 0. The maximum Gasteiger partial charge on any atom is 0.191 e. The zero-order valence-electron chi connectivity index (χ0n) is 12.1. The first-order valence-electron chi connectivity index (χ1n) is 6.90. The smallest absolute Gasteiger partial charge is 0.191 e. The van der Waals surface area contributed by atoms with E-state index in [-0.39, 0.29) is 24.0 Å². The summed E-state index contributed by atoms with van der Waals surface area (Å²) in [6, 6.07) is 4.50. The van der Waals surface area contributed by atoms with Gasteiger partial charge in [0.2, 0.25) is 0 Å². The molecule has 2 N–H and O–H groups in total. The molecule has 0 saturated heterocycles. The molecule has 4 nitrogen and oxygen atoms in total. The zero-order chi connectivity index (χ0) is 13.5. The topological polar surface area (TPSA) is 49.3 Å². The number of aliphatic imine (C=N–C) groups is 1. The number of hydrogen-bond donors (Lipinski definition) is 2. The quantitative estimate of drug-likeness (QED) is 0.362. The molecule has 0 fully saturated rings. The molecular weight excluding hydrogens is 363 g/mol. The number of nitrogens with one attached hydrogen (secondary N) is 2. The number of hydrogen-bond acceptors (Lipinski definition) is 2. The Labute approximate surface area is 138 Å². The van der Waals surface area contributed by atoms with Crippen molar-refractivity contribution in [3.05, 3.63) is 41.7 Å². The van der Waals surface area contributed by atoms with E-state index in [1.165, 1.54) is 5.56 Å². The minimum atomic E-state index is 0. The van der Waals surface area contributed by atoms with Gasteiger partial charge in [-0.2, -0.15) is 0 Å². The second kappa shape index (κ2) is 8.94. The van der Waals surface area contributed by atoms with E-state index < -0.39 is 0 Å². The number of halogens is 1. The summed E-state index contributed by atoms with van der Waals surface area (Å²) in [5, 5.41) is 6.74. The molecule has 1 aromatic rings. The molecule has 2 rings (SSSR count). The van der Waals surface area contributed by atoms with Crippen molar-refractivity contribution in [3.63, 3.8) is 0 Å². The van der Waals surface area contributed by atoms with Crippen LogP contribution in [0.4, 0.5) is 0 Å². The van der Waals surface area contributed by atoms with Crippen LogP contribution in [0.15, 0.2) is 35.5 Å². The van der Waals surface area contributed by atoms with Crippen molar-refractivity contribution in [1.82, 2.24) is 15.6 Å². The molecule has 0 unspecified atom stereocenters. The fourth-order valence-electron chi connectivity index (χ4n) is 2.09. The molecule has 1 aromatic heterocycles. The van der Waals surface area contributed by atoms with Crippen molar-refractivity contribution < 1.29 is 0 Å². The second-order valence-corrected chi connectivity index (χ2v) is 4.75. The fraction of sp³-hybridized carbons (Fsp3) is 0.467. The van der Waals surface area contributed by atoms with Crippen LogP contribution in [-0.4, -0.2) is 23.5 Å². The molecular formula is C15H23IN4. The van der Waals surface area contributed by atoms with Gasteiger partial charge in [-0.3, -0.25) is 4.98 Å². The molecule has 1 aliphatic carbocycles. The van der Waals surface area contributed by atoms with E-state index >= 15 is 0 Å². The van der Waals surface area contributed by atoms with Crippen LogP contribution < -0.4 is 10.6 Å². The van der Waals surface area contributed by atoms with Gasteiger partial charge in [0.05, 0.1) is 12.2 Å². The summed E-state index contributed by atoms with van der Waals surface area (Å²) in [7, 11) is 0. The van der Waals surface area contributed by atoms with Crippen LogP contribution in [0.2, 0.25) is 0 Å². The molecule has 0 radical (unpaired) electrons. The third kappa shape index (κ3) is 5.11. The van der Waals surface area contributed by atoms with Gasteiger partial charge in [-0.25, -0.2) is 4.99 Å². The van der Waals surface area contributed by atoms with E-state index in [0.29, 0.717) is 12.6 Å². The van der Waals surface area contributed by atoms with Crippen LogP contribution in [0.5, 0.6) is 0 Å². The standard InChI is InChI=1S/C15H22N4.HI/c1-3-16-15(19-13-8-4-5-9-13)18-11-14-12(2)7-6-10-17-14;/h4-7,10,13H,3,8-9,11H2,1-2H3,(H2,16,18,19);1H. The average molecular weight is 386 g/mol. The Bertz CT molecular complexity index is 463. The van der Waals surface area contributed by atoms with E-state index in [2.05, 4.69) is 52.7 Å². The Balaban J connectivity index is 0.00000200. The number of aryl methyl sites for hydroxylation is 1. The highest BCUT2D eigenvalue weighted by molar-refractivity contribution is 14.0. The average Bonchev–Trinajstić information content (AvgIpc) is 2.91. The molecule has 0 saturated carbocycles. The third-order valence-electron chi connectivity index (χ3n) is 3.20. The van der Waals surface area contributed by atoms with Gasteiger partial charge in [0, 0.05) is 18.8 Å². The van der Waals surface area contributed by atoms with Crippen LogP contribution in [0.25, 0.3) is 0 Å². The van der Waals surface area contributed by atoms with Crippen molar-refractivity contribution in [3.8, 4) is 0 Å². The van der Waals surface area contributed by atoms with Gasteiger partial charge >= 0.3 is 0 Å². The summed E-state index contributed by atoms with van der Waals surface area (Å²) >= 11 is 0. The summed E-state index contributed by atoms with van der Waals surface area (Å²) in [5.41, 5.74) is 2.22. The molecule has 0 aromatic carbocycles. The lowest BCUT2D eigenvalue weighted by atomic mass is 10.2. The van der Waals surface area contributed by atoms with Crippen LogP contribution in [0.1, 0.15) is 31.0 Å². The van der Waals surface area contributed by atoms with Gasteiger partial charge in [0.25, 0.3) is 0 Å². The highest BCUT2D eigenvalue weighted by Gasteiger charge is 2.11. The molecule has 0 amide bonds. The number of nitrogens with zero attached hydrogens (tertiary/aromatic N) is 2. The molecule has 0 bridgehead atoms. The lowest BCUT2D eigenvalue weighted by Gasteiger charge is -2.16.